The number of hydrogen-bond acceptors (Lipinski definition) is 7. The molecule has 27 heavy (non-hydrogen) atoms. The fourth-order valence-corrected chi connectivity index (χ4v) is 4.39. The first-order valence-corrected chi connectivity index (χ1v) is 10.7. The van der Waals surface area contributed by atoms with Crippen molar-refractivity contribution < 1.29 is 8.42 Å². The Morgan fingerprint density at radius 2 is 2.00 bits per heavy atom. The van der Waals surface area contributed by atoms with Gasteiger partial charge in [0.1, 0.15) is 16.7 Å². The van der Waals surface area contributed by atoms with Gasteiger partial charge < -0.3 is 10.2 Å². The molecule has 11 heteroatoms. The normalized spacial score (nSPS) is 14.8. The second-order valence-electron chi connectivity index (χ2n) is 6.16. The maximum absolute atomic E-state index is 12.3. The molecule has 0 spiro atoms. The van der Waals surface area contributed by atoms with Crippen molar-refractivity contribution in [2.45, 2.75) is 17.7 Å². The van der Waals surface area contributed by atoms with Gasteiger partial charge in [0, 0.05) is 13.1 Å². The standard InChI is InChI=1S/C16H18BrN7O2S/c1-18-27(25,26)10-4-5-12(24-6-2-3-7-24)11(8-10)21-15-13-14(17)22-23-16(13)20-9-19-15/h4-5,8-9,18H,2-3,6-7H2,1H3,(H2,19,20,21,22,23). The molecular formula is C16H18BrN7O2S. The Hall–Kier alpha value is -2.24. The molecular weight excluding hydrogens is 434 g/mol. The lowest BCUT2D eigenvalue weighted by Crippen LogP contribution is -2.21. The largest absolute Gasteiger partial charge is 0.370 e. The first kappa shape index (κ1) is 18.1. The van der Waals surface area contributed by atoms with Crippen LogP contribution < -0.4 is 14.9 Å². The first-order chi connectivity index (χ1) is 13.0. The summed E-state index contributed by atoms with van der Waals surface area (Å²) < 4.78 is 27.5. The number of nitrogens with one attached hydrogen (secondary N) is 3. The van der Waals surface area contributed by atoms with Crippen molar-refractivity contribution in [1.29, 1.82) is 0 Å². The fraction of sp³-hybridized carbons (Fsp3) is 0.312. The number of aromatic nitrogens is 4. The predicted octanol–water partition coefficient (Wildman–Crippen LogP) is 2.37. The molecule has 9 nitrogen and oxygen atoms in total. The predicted molar refractivity (Wildman–Crippen MR) is 107 cm³/mol. The van der Waals surface area contributed by atoms with Gasteiger partial charge in [0.15, 0.2) is 5.65 Å². The van der Waals surface area contributed by atoms with Crippen LogP contribution in [-0.2, 0) is 10.0 Å². The van der Waals surface area contributed by atoms with Crippen LogP contribution in [0.5, 0.6) is 0 Å². The number of H-pyrrole nitrogens is 1. The van der Waals surface area contributed by atoms with E-state index < -0.39 is 10.0 Å². The van der Waals surface area contributed by atoms with E-state index in [1.807, 2.05) is 6.07 Å². The van der Waals surface area contributed by atoms with Crippen LogP contribution in [0.3, 0.4) is 0 Å². The van der Waals surface area contributed by atoms with E-state index in [0.29, 0.717) is 27.1 Å². The van der Waals surface area contributed by atoms with E-state index in [2.05, 4.69) is 51.0 Å². The van der Waals surface area contributed by atoms with Gasteiger partial charge in [0.25, 0.3) is 0 Å². The molecule has 0 aliphatic carbocycles. The molecule has 1 aliphatic rings. The lowest BCUT2D eigenvalue weighted by molar-refractivity contribution is 0.588. The molecule has 0 bridgehead atoms. The summed E-state index contributed by atoms with van der Waals surface area (Å²) in [6.07, 6.45) is 3.64. The van der Waals surface area contributed by atoms with Gasteiger partial charge in [-0.2, -0.15) is 5.10 Å². The van der Waals surface area contributed by atoms with Crippen molar-refractivity contribution in [2.24, 2.45) is 0 Å². The van der Waals surface area contributed by atoms with Gasteiger partial charge in [-0.25, -0.2) is 23.1 Å². The van der Waals surface area contributed by atoms with Crippen molar-refractivity contribution in [3.05, 3.63) is 29.1 Å². The number of hydrogen-bond donors (Lipinski definition) is 3. The number of halogens is 1. The van der Waals surface area contributed by atoms with E-state index in [0.717, 1.165) is 31.6 Å². The smallest absolute Gasteiger partial charge is 0.240 e. The highest BCUT2D eigenvalue weighted by Gasteiger charge is 2.21. The van der Waals surface area contributed by atoms with Crippen LogP contribution >= 0.6 is 15.9 Å². The second kappa shape index (κ2) is 7.06. The van der Waals surface area contributed by atoms with E-state index in [1.54, 1.807) is 12.1 Å². The van der Waals surface area contributed by atoms with E-state index >= 15 is 0 Å². The summed E-state index contributed by atoms with van der Waals surface area (Å²) in [5, 5.41) is 10.9. The van der Waals surface area contributed by atoms with Crippen LogP contribution in [0.4, 0.5) is 17.2 Å². The summed E-state index contributed by atoms with van der Waals surface area (Å²) in [5.41, 5.74) is 2.12. The van der Waals surface area contributed by atoms with Crippen LogP contribution in [0.15, 0.2) is 34.0 Å². The van der Waals surface area contributed by atoms with Gasteiger partial charge in [-0.1, -0.05) is 0 Å². The lowest BCUT2D eigenvalue weighted by atomic mass is 10.2. The molecule has 1 fully saturated rings. The molecule has 3 aromatic rings. The zero-order valence-corrected chi connectivity index (χ0v) is 16.9. The van der Waals surface area contributed by atoms with Gasteiger partial charge in [-0.05, 0) is 54.0 Å². The molecule has 3 heterocycles. The number of rotatable bonds is 5. The average Bonchev–Trinajstić information content (AvgIpc) is 3.32. The molecule has 0 atom stereocenters. The second-order valence-corrected chi connectivity index (χ2v) is 8.84. The highest BCUT2D eigenvalue weighted by Crippen LogP contribution is 2.35. The van der Waals surface area contributed by atoms with Gasteiger partial charge in [-0.3, -0.25) is 5.10 Å². The minimum absolute atomic E-state index is 0.187. The number of benzene rings is 1. The van der Waals surface area contributed by atoms with E-state index in [1.165, 1.54) is 13.4 Å². The average molecular weight is 452 g/mol. The summed E-state index contributed by atoms with van der Waals surface area (Å²) in [4.78, 5) is 10.9. The minimum atomic E-state index is -3.56. The molecule has 1 aliphatic heterocycles. The summed E-state index contributed by atoms with van der Waals surface area (Å²) in [6, 6.07) is 5.08. The number of fused-ring (bicyclic) bond motifs is 1. The van der Waals surface area contributed by atoms with E-state index in [4.69, 9.17) is 0 Å². The summed E-state index contributed by atoms with van der Waals surface area (Å²) in [6.45, 7) is 1.86. The van der Waals surface area contributed by atoms with Gasteiger partial charge >= 0.3 is 0 Å². The van der Waals surface area contributed by atoms with E-state index in [9.17, 15) is 8.42 Å². The Morgan fingerprint density at radius 3 is 2.74 bits per heavy atom. The monoisotopic (exact) mass is 451 g/mol. The Bertz CT molecular complexity index is 1090. The number of nitrogens with zero attached hydrogens (tertiary/aromatic N) is 4. The van der Waals surface area contributed by atoms with Gasteiger partial charge in [0.2, 0.25) is 10.0 Å². The highest BCUT2D eigenvalue weighted by molar-refractivity contribution is 9.10. The summed E-state index contributed by atoms with van der Waals surface area (Å²) in [5.74, 6) is 0.542. The molecule has 1 aromatic carbocycles. The molecule has 1 saturated heterocycles. The van der Waals surface area contributed by atoms with E-state index in [-0.39, 0.29) is 4.90 Å². The summed E-state index contributed by atoms with van der Waals surface area (Å²) in [7, 11) is -2.17. The van der Waals surface area contributed by atoms with Crippen molar-refractivity contribution >= 4 is 54.2 Å². The topological polar surface area (TPSA) is 116 Å². The lowest BCUT2D eigenvalue weighted by Gasteiger charge is -2.22. The highest BCUT2D eigenvalue weighted by atomic mass is 79.9. The Kier molecular flexibility index (Phi) is 4.74. The Morgan fingerprint density at radius 1 is 1.22 bits per heavy atom. The van der Waals surface area contributed by atoms with Crippen molar-refractivity contribution in [1.82, 2.24) is 24.9 Å². The van der Waals surface area contributed by atoms with Crippen LogP contribution in [-0.4, -0.2) is 48.7 Å². The molecule has 4 rings (SSSR count). The zero-order valence-electron chi connectivity index (χ0n) is 14.5. The quantitative estimate of drug-likeness (QED) is 0.544. The fourth-order valence-electron chi connectivity index (χ4n) is 3.18. The molecule has 0 saturated carbocycles. The third-order valence-electron chi connectivity index (χ3n) is 4.55. The van der Waals surface area contributed by atoms with Gasteiger partial charge in [-0.15, -0.1) is 0 Å². The van der Waals surface area contributed by atoms with Crippen LogP contribution in [0.1, 0.15) is 12.8 Å². The third kappa shape index (κ3) is 3.37. The van der Waals surface area contributed by atoms with Crippen LogP contribution in [0.2, 0.25) is 0 Å². The minimum Gasteiger partial charge on any atom is -0.370 e. The van der Waals surface area contributed by atoms with Crippen molar-refractivity contribution in [2.75, 3.05) is 30.4 Å². The maximum atomic E-state index is 12.3. The molecule has 2 aromatic heterocycles. The number of aromatic amines is 1. The molecule has 0 unspecified atom stereocenters. The third-order valence-corrected chi connectivity index (χ3v) is 6.54. The molecule has 142 valence electrons. The molecule has 0 radical (unpaired) electrons. The SMILES string of the molecule is CNS(=O)(=O)c1ccc(N2CCCC2)c(Nc2ncnc3n[nH]c(Br)c23)c1. The Labute approximate surface area is 164 Å². The van der Waals surface area contributed by atoms with Crippen LogP contribution in [0.25, 0.3) is 11.0 Å². The number of sulfonamides is 1. The maximum Gasteiger partial charge on any atom is 0.240 e. The van der Waals surface area contributed by atoms with Crippen molar-refractivity contribution in [3.8, 4) is 0 Å². The van der Waals surface area contributed by atoms with Crippen molar-refractivity contribution in [3.63, 3.8) is 0 Å². The summed E-state index contributed by atoms with van der Waals surface area (Å²) >= 11 is 3.42. The number of anilines is 3. The zero-order chi connectivity index (χ0) is 19.0. The van der Waals surface area contributed by atoms with Gasteiger partial charge in [0.05, 0.1) is 21.7 Å². The van der Waals surface area contributed by atoms with Crippen LogP contribution in [0, 0.1) is 0 Å². The Balaban J connectivity index is 1.83. The molecule has 3 N–H and O–H groups in total. The molecule has 0 amide bonds. The first-order valence-electron chi connectivity index (χ1n) is 8.44.